The maximum atomic E-state index is 5.00. The van der Waals surface area contributed by atoms with E-state index in [1.54, 1.807) is 17.5 Å². The van der Waals surface area contributed by atoms with Crippen LogP contribution in [0, 0.1) is 6.92 Å². The monoisotopic (exact) mass is 453 g/mol. The van der Waals surface area contributed by atoms with Crippen LogP contribution in [0.25, 0.3) is 33.7 Å². The number of imidazole rings is 1. The minimum Gasteiger partial charge on any atom is -0.331 e. The first-order chi connectivity index (χ1) is 15.8. The highest BCUT2D eigenvalue weighted by molar-refractivity contribution is 7.14. The molecule has 166 valence electrons. The molecule has 0 saturated heterocycles. The molecule has 0 amide bonds. The summed E-state index contributed by atoms with van der Waals surface area (Å²) in [5, 5.41) is 6.39. The molecular formula is C27H27N5S. The molecule has 0 fully saturated rings. The van der Waals surface area contributed by atoms with Crippen LogP contribution in [-0.4, -0.2) is 19.5 Å². The Bertz CT molecular complexity index is 1440. The van der Waals surface area contributed by atoms with Crippen LogP contribution in [0.1, 0.15) is 31.9 Å². The van der Waals surface area contributed by atoms with Crippen molar-refractivity contribution in [2.75, 3.05) is 5.32 Å². The van der Waals surface area contributed by atoms with Gasteiger partial charge in [-0.3, -0.25) is 4.98 Å². The van der Waals surface area contributed by atoms with Gasteiger partial charge in [0.25, 0.3) is 0 Å². The first-order valence-electron chi connectivity index (χ1n) is 11.0. The molecule has 5 rings (SSSR count). The minimum absolute atomic E-state index is 0.0939. The van der Waals surface area contributed by atoms with Crippen molar-refractivity contribution in [1.82, 2.24) is 19.5 Å². The lowest BCUT2D eigenvalue weighted by atomic mass is 9.86. The Hall–Kier alpha value is -3.51. The van der Waals surface area contributed by atoms with Gasteiger partial charge in [0, 0.05) is 41.6 Å². The SMILES string of the molecule is Cc1cc2c(cc1Nc1nc(-c3cccnc3)cs1)nc(-c1cccc(C(C)(C)C)c1)n2C. The average molecular weight is 454 g/mol. The summed E-state index contributed by atoms with van der Waals surface area (Å²) in [6.07, 6.45) is 3.61. The van der Waals surface area contributed by atoms with Crippen LogP contribution in [0.5, 0.6) is 0 Å². The van der Waals surface area contributed by atoms with Gasteiger partial charge in [-0.2, -0.15) is 0 Å². The summed E-state index contributed by atoms with van der Waals surface area (Å²) >= 11 is 1.59. The number of nitrogens with zero attached hydrogens (tertiary/aromatic N) is 4. The number of thiazole rings is 1. The zero-order valence-corrected chi connectivity index (χ0v) is 20.4. The second-order valence-corrected chi connectivity index (χ2v) is 10.2. The number of hydrogen-bond donors (Lipinski definition) is 1. The van der Waals surface area contributed by atoms with E-state index in [-0.39, 0.29) is 5.41 Å². The molecule has 0 unspecified atom stereocenters. The Morgan fingerprint density at radius 3 is 2.55 bits per heavy atom. The molecule has 1 N–H and O–H groups in total. The zero-order valence-electron chi connectivity index (χ0n) is 19.5. The highest BCUT2D eigenvalue weighted by Gasteiger charge is 2.17. The van der Waals surface area contributed by atoms with Crippen molar-refractivity contribution in [2.24, 2.45) is 7.05 Å². The van der Waals surface area contributed by atoms with Gasteiger partial charge in [-0.05, 0) is 53.8 Å². The van der Waals surface area contributed by atoms with E-state index < -0.39 is 0 Å². The van der Waals surface area contributed by atoms with Crippen LogP contribution in [0.15, 0.2) is 66.3 Å². The molecule has 0 spiro atoms. The van der Waals surface area contributed by atoms with E-state index in [1.807, 2.05) is 23.7 Å². The molecule has 6 heteroatoms. The summed E-state index contributed by atoms with van der Waals surface area (Å²) in [4.78, 5) is 13.9. The smallest absolute Gasteiger partial charge is 0.187 e. The molecule has 0 aliphatic carbocycles. The maximum absolute atomic E-state index is 5.00. The van der Waals surface area contributed by atoms with Crippen molar-refractivity contribution in [3.8, 4) is 22.6 Å². The van der Waals surface area contributed by atoms with E-state index in [4.69, 9.17) is 9.97 Å². The van der Waals surface area contributed by atoms with Crippen molar-refractivity contribution < 1.29 is 0 Å². The molecule has 0 aliphatic rings. The molecular weight excluding hydrogens is 426 g/mol. The van der Waals surface area contributed by atoms with Crippen molar-refractivity contribution in [3.63, 3.8) is 0 Å². The summed E-state index contributed by atoms with van der Waals surface area (Å²) in [6, 6.07) is 17.0. The fourth-order valence-corrected chi connectivity index (χ4v) is 4.69. The Morgan fingerprint density at radius 1 is 0.970 bits per heavy atom. The standard InChI is InChI=1S/C27H27N5S/c1-17-12-24-22(29-25(32(24)5)18-8-6-10-20(13-18)27(2,3)4)14-21(17)30-26-31-23(16-33-26)19-9-7-11-28-15-19/h6-16H,1-5H3,(H,30,31). The topological polar surface area (TPSA) is 55.6 Å². The second-order valence-electron chi connectivity index (χ2n) is 9.39. The number of nitrogens with one attached hydrogen (secondary N) is 1. The van der Waals surface area contributed by atoms with Gasteiger partial charge in [-0.1, -0.05) is 39.0 Å². The molecule has 5 aromatic rings. The first-order valence-corrected chi connectivity index (χ1v) is 11.9. The summed E-state index contributed by atoms with van der Waals surface area (Å²) in [7, 11) is 2.09. The van der Waals surface area contributed by atoms with Crippen molar-refractivity contribution in [1.29, 1.82) is 0 Å². The number of fused-ring (bicyclic) bond motifs is 1. The molecule has 5 nitrogen and oxygen atoms in total. The molecule has 0 saturated carbocycles. The maximum Gasteiger partial charge on any atom is 0.187 e. The van der Waals surface area contributed by atoms with E-state index >= 15 is 0 Å². The number of anilines is 2. The van der Waals surface area contributed by atoms with E-state index in [1.165, 1.54) is 5.56 Å². The third-order valence-electron chi connectivity index (χ3n) is 5.92. The third-order valence-corrected chi connectivity index (χ3v) is 6.67. The second kappa shape index (κ2) is 8.12. The van der Waals surface area contributed by atoms with Gasteiger partial charge in [0.2, 0.25) is 0 Å². The molecule has 33 heavy (non-hydrogen) atoms. The normalized spacial score (nSPS) is 11.8. The summed E-state index contributed by atoms with van der Waals surface area (Å²) < 4.78 is 2.18. The number of hydrogen-bond acceptors (Lipinski definition) is 5. The number of benzene rings is 2. The van der Waals surface area contributed by atoms with Crippen LogP contribution in [-0.2, 0) is 12.5 Å². The van der Waals surface area contributed by atoms with Crippen molar-refractivity contribution in [3.05, 3.63) is 77.4 Å². The lowest BCUT2D eigenvalue weighted by Gasteiger charge is -2.19. The van der Waals surface area contributed by atoms with Gasteiger partial charge >= 0.3 is 0 Å². The van der Waals surface area contributed by atoms with Gasteiger partial charge in [-0.25, -0.2) is 9.97 Å². The highest BCUT2D eigenvalue weighted by atomic mass is 32.1. The van der Waals surface area contributed by atoms with Crippen LogP contribution >= 0.6 is 11.3 Å². The Kier molecular flexibility index (Phi) is 5.25. The van der Waals surface area contributed by atoms with Gasteiger partial charge in [0.1, 0.15) is 5.82 Å². The zero-order chi connectivity index (χ0) is 23.2. The quantitative estimate of drug-likeness (QED) is 0.315. The Morgan fingerprint density at radius 2 is 1.79 bits per heavy atom. The number of aryl methyl sites for hydroxylation is 2. The molecule has 3 heterocycles. The van der Waals surface area contributed by atoms with Gasteiger partial charge in [-0.15, -0.1) is 11.3 Å². The van der Waals surface area contributed by atoms with Gasteiger partial charge in [0.05, 0.1) is 16.7 Å². The molecule has 0 aliphatic heterocycles. The number of pyridine rings is 1. The van der Waals surface area contributed by atoms with E-state index in [9.17, 15) is 0 Å². The van der Waals surface area contributed by atoms with E-state index in [0.29, 0.717) is 0 Å². The predicted molar refractivity (Wildman–Crippen MR) is 138 cm³/mol. The van der Waals surface area contributed by atoms with E-state index in [0.717, 1.165) is 50.1 Å². The molecule has 3 aromatic heterocycles. The largest absolute Gasteiger partial charge is 0.331 e. The Balaban J connectivity index is 1.49. The fourth-order valence-electron chi connectivity index (χ4n) is 3.95. The molecule has 0 radical (unpaired) electrons. The van der Waals surface area contributed by atoms with Gasteiger partial charge in [0.15, 0.2) is 5.13 Å². The summed E-state index contributed by atoms with van der Waals surface area (Å²) in [6.45, 7) is 8.83. The number of aromatic nitrogens is 4. The highest BCUT2D eigenvalue weighted by Crippen LogP contribution is 2.33. The summed E-state index contributed by atoms with van der Waals surface area (Å²) in [5.74, 6) is 0.973. The van der Waals surface area contributed by atoms with Crippen molar-refractivity contribution in [2.45, 2.75) is 33.1 Å². The molecule has 0 atom stereocenters. The Labute approximate surface area is 198 Å². The lowest BCUT2D eigenvalue weighted by Crippen LogP contribution is -2.11. The van der Waals surface area contributed by atoms with Crippen LogP contribution in [0.3, 0.4) is 0 Å². The van der Waals surface area contributed by atoms with Crippen LogP contribution in [0.4, 0.5) is 10.8 Å². The molecule has 0 bridgehead atoms. The average Bonchev–Trinajstić information content (AvgIpc) is 3.39. The number of rotatable bonds is 4. The summed E-state index contributed by atoms with van der Waals surface area (Å²) in [5.41, 5.74) is 8.72. The predicted octanol–water partition coefficient (Wildman–Crippen LogP) is 7.11. The van der Waals surface area contributed by atoms with Crippen molar-refractivity contribution >= 4 is 33.2 Å². The lowest BCUT2D eigenvalue weighted by molar-refractivity contribution is 0.590. The van der Waals surface area contributed by atoms with E-state index in [2.05, 4.69) is 86.0 Å². The van der Waals surface area contributed by atoms with Gasteiger partial charge < -0.3 is 9.88 Å². The third kappa shape index (κ3) is 4.14. The first kappa shape index (κ1) is 21.3. The van der Waals surface area contributed by atoms with Crippen LogP contribution < -0.4 is 5.32 Å². The fraction of sp³-hybridized carbons (Fsp3) is 0.222. The minimum atomic E-state index is 0.0939. The van der Waals surface area contributed by atoms with Crippen LogP contribution in [0.2, 0.25) is 0 Å². The molecule has 2 aromatic carbocycles.